The van der Waals surface area contributed by atoms with Gasteiger partial charge in [-0.25, -0.2) is 0 Å². The molecule has 1 aliphatic heterocycles. The number of nitrogens with zero attached hydrogens (tertiary/aromatic N) is 1. The van der Waals surface area contributed by atoms with Crippen LogP contribution in [-0.2, 0) is 6.54 Å². The van der Waals surface area contributed by atoms with Crippen LogP contribution in [0, 0.1) is 0 Å². The van der Waals surface area contributed by atoms with Crippen molar-refractivity contribution in [3.63, 3.8) is 0 Å². The molecule has 1 aliphatic rings. The average Bonchev–Trinajstić information content (AvgIpc) is 3.09. The second-order valence-electron chi connectivity index (χ2n) is 5.14. The zero-order chi connectivity index (χ0) is 13.9. The van der Waals surface area contributed by atoms with Crippen LogP contribution in [0.4, 0.5) is 0 Å². The van der Waals surface area contributed by atoms with Crippen molar-refractivity contribution >= 4 is 22.9 Å². The molecule has 0 saturated carbocycles. The molecule has 0 radical (unpaired) electrons. The molecule has 2 nitrogen and oxygen atoms in total. The first kappa shape index (κ1) is 13.9. The molecule has 0 aliphatic carbocycles. The molecule has 20 heavy (non-hydrogen) atoms. The standard InChI is InChI=1S/C16H18ClNOS/c1-19-16-5-4-14(17)9-13(16)10-18-7-2-3-15(18)12-6-8-20-11-12/h4-6,8-9,11,15H,2-3,7,10H2,1H3/t15-/m1/s1. The van der Waals surface area contributed by atoms with Crippen LogP contribution in [0.1, 0.15) is 30.0 Å². The number of halogens is 1. The van der Waals surface area contributed by atoms with Gasteiger partial charge in [-0.2, -0.15) is 11.3 Å². The number of benzene rings is 1. The van der Waals surface area contributed by atoms with Crippen molar-refractivity contribution in [2.45, 2.75) is 25.4 Å². The van der Waals surface area contributed by atoms with E-state index in [4.69, 9.17) is 16.3 Å². The van der Waals surface area contributed by atoms with E-state index < -0.39 is 0 Å². The van der Waals surface area contributed by atoms with Crippen molar-refractivity contribution in [2.75, 3.05) is 13.7 Å². The predicted octanol–water partition coefficient (Wildman–Crippen LogP) is 4.75. The summed E-state index contributed by atoms with van der Waals surface area (Å²) in [7, 11) is 1.72. The van der Waals surface area contributed by atoms with Crippen molar-refractivity contribution < 1.29 is 4.74 Å². The summed E-state index contributed by atoms with van der Waals surface area (Å²) in [6, 6.07) is 8.62. The van der Waals surface area contributed by atoms with Crippen LogP contribution in [0.3, 0.4) is 0 Å². The summed E-state index contributed by atoms with van der Waals surface area (Å²) >= 11 is 7.90. The van der Waals surface area contributed by atoms with Gasteiger partial charge in [-0.1, -0.05) is 11.6 Å². The quantitative estimate of drug-likeness (QED) is 0.808. The maximum Gasteiger partial charge on any atom is 0.123 e. The highest BCUT2D eigenvalue weighted by atomic mass is 35.5. The number of rotatable bonds is 4. The first-order valence-corrected chi connectivity index (χ1v) is 8.18. The highest BCUT2D eigenvalue weighted by molar-refractivity contribution is 7.07. The van der Waals surface area contributed by atoms with E-state index in [1.807, 2.05) is 18.2 Å². The van der Waals surface area contributed by atoms with Gasteiger partial charge in [0.1, 0.15) is 5.75 Å². The molecule has 2 heterocycles. The summed E-state index contributed by atoms with van der Waals surface area (Å²) in [4.78, 5) is 2.52. The van der Waals surface area contributed by atoms with E-state index in [-0.39, 0.29) is 0 Å². The molecule has 0 bridgehead atoms. The Hall–Kier alpha value is -1.03. The molecule has 0 N–H and O–H groups in total. The fourth-order valence-electron chi connectivity index (χ4n) is 2.95. The minimum absolute atomic E-state index is 0.532. The molecule has 1 fully saturated rings. The van der Waals surface area contributed by atoms with E-state index in [0.29, 0.717) is 6.04 Å². The van der Waals surface area contributed by atoms with Gasteiger partial charge in [-0.05, 0) is 60.0 Å². The Labute approximate surface area is 128 Å². The van der Waals surface area contributed by atoms with Gasteiger partial charge >= 0.3 is 0 Å². The molecule has 0 spiro atoms. The molecule has 1 saturated heterocycles. The normalized spacial score (nSPS) is 19.4. The van der Waals surface area contributed by atoms with Gasteiger partial charge < -0.3 is 4.74 Å². The maximum absolute atomic E-state index is 6.12. The lowest BCUT2D eigenvalue weighted by atomic mass is 10.1. The molecule has 3 rings (SSSR count). The zero-order valence-corrected chi connectivity index (χ0v) is 13.1. The third-order valence-corrected chi connectivity index (χ3v) is 4.84. The summed E-state index contributed by atoms with van der Waals surface area (Å²) in [5, 5.41) is 5.19. The number of thiophene rings is 1. The number of methoxy groups -OCH3 is 1. The third kappa shape index (κ3) is 2.85. The van der Waals surface area contributed by atoms with Crippen LogP contribution in [0.2, 0.25) is 5.02 Å². The zero-order valence-electron chi connectivity index (χ0n) is 11.5. The van der Waals surface area contributed by atoms with Crippen molar-refractivity contribution in [1.29, 1.82) is 0 Å². The van der Waals surface area contributed by atoms with Gasteiger partial charge in [0, 0.05) is 23.2 Å². The van der Waals surface area contributed by atoms with E-state index in [1.165, 1.54) is 24.0 Å². The van der Waals surface area contributed by atoms with E-state index in [9.17, 15) is 0 Å². The Morgan fingerprint density at radius 3 is 3.05 bits per heavy atom. The SMILES string of the molecule is COc1ccc(Cl)cc1CN1CCC[C@@H]1c1ccsc1. The molecule has 4 heteroatoms. The van der Waals surface area contributed by atoms with Crippen molar-refractivity contribution in [2.24, 2.45) is 0 Å². The maximum atomic E-state index is 6.12. The number of hydrogen-bond acceptors (Lipinski definition) is 3. The van der Waals surface area contributed by atoms with E-state index in [1.54, 1.807) is 18.4 Å². The predicted molar refractivity (Wildman–Crippen MR) is 84.7 cm³/mol. The summed E-state index contributed by atoms with van der Waals surface area (Å²) < 4.78 is 5.45. The van der Waals surface area contributed by atoms with Crippen LogP contribution in [0.25, 0.3) is 0 Å². The monoisotopic (exact) mass is 307 g/mol. The number of ether oxygens (including phenoxy) is 1. The first-order chi connectivity index (χ1) is 9.78. The minimum atomic E-state index is 0.532. The molecule has 1 aromatic heterocycles. The lowest BCUT2D eigenvalue weighted by Crippen LogP contribution is -2.22. The van der Waals surface area contributed by atoms with E-state index >= 15 is 0 Å². The van der Waals surface area contributed by atoms with Gasteiger partial charge in [0.15, 0.2) is 0 Å². The lowest BCUT2D eigenvalue weighted by Gasteiger charge is -2.25. The Morgan fingerprint density at radius 1 is 1.40 bits per heavy atom. The number of likely N-dealkylation sites (tertiary alicyclic amines) is 1. The molecule has 1 atom stereocenters. The second-order valence-corrected chi connectivity index (χ2v) is 6.36. The average molecular weight is 308 g/mol. The summed E-state index contributed by atoms with van der Waals surface area (Å²) in [5.74, 6) is 0.922. The highest BCUT2D eigenvalue weighted by Gasteiger charge is 2.26. The lowest BCUT2D eigenvalue weighted by molar-refractivity contribution is 0.245. The van der Waals surface area contributed by atoms with Crippen LogP contribution < -0.4 is 4.74 Å². The van der Waals surface area contributed by atoms with E-state index in [0.717, 1.165) is 23.9 Å². The Kier molecular flexibility index (Phi) is 4.29. The van der Waals surface area contributed by atoms with Crippen molar-refractivity contribution in [1.82, 2.24) is 4.90 Å². The topological polar surface area (TPSA) is 12.5 Å². The number of hydrogen-bond donors (Lipinski definition) is 0. The van der Waals surface area contributed by atoms with Crippen molar-refractivity contribution in [3.8, 4) is 5.75 Å². The van der Waals surface area contributed by atoms with Crippen molar-refractivity contribution in [3.05, 3.63) is 51.2 Å². The molecular weight excluding hydrogens is 290 g/mol. The van der Waals surface area contributed by atoms with Gasteiger partial charge in [-0.3, -0.25) is 4.90 Å². The van der Waals surface area contributed by atoms with Gasteiger partial charge in [0.05, 0.1) is 7.11 Å². The molecule has 2 aromatic rings. The molecule has 106 valence electrons. The molecule has 1 aromatic carbocycles. The summed E-state index contributed by atoms with van der Waals surface area (Å²) in [5.41, 5.74) is 2.61. The van der Waals surface area contributed by atoms with Gasteiger partial charge in [0.2, 0.25) is 0 Å². The van der Waals surface area contributed by atoms with E-state index in [2.05, 4.69) is 21.7 Å². The summed E-state index contributed by atoms with van der Waals surface area (Å²) in [6.07, 6.45) is 2.49. The van der Waals surface area contributed by atoms with Crippen LogP contribution in [0.15, 0.2) is 35.0 Å². The largest absolute Gasteiger partial charge is 0.496 e. The van der Waals surface area contributed by atoms with Crippen LogP contribution in [0.5, 0.6) is 5.75 Å². The van der Waals surface area contributed by atoms with Gasteiger partial charge in [-0.15, -0.1) is 0 Å². The minimum Gasteiger partial charge on any atom is -0.496 e. The molecule has 0 amide bonds. The molecular formula is C16H18ClNOS. The summed E-state index contributed by atoms with van der Waals surface area (Å²) in [6.45, 7) is 2.03. The Bertz CT molecular complexity index is 570. The highest BCUT2D eigenvalue weighted by Crippen LogP contribution is 2.35. The molecule has 0 unspecified atom stereocenters. The fraction of sp³-hybridized carbons (Fsp3) is 0.375. The fourth-order valence-corrected chi connectivity index (χ4v) is 3.85. The van der Waals surface area contributed by atoms with Gasteiger partial charge in [0.25, 0.3) is 0 Å². The second kappa shape index (κ2) is 6.17. The van der Waals surface area contributed by atoms with Crippen LogP contribution >= 0.6 is 22.9 Å². The third-order valence-electron chi connectivity index (χ3n) is 3.91. The smallest absolute Gasteiger partial charge is 0.123 e. The first-order valence-electron chi connectivity index (χ1n) is 6.86. The Balaban J connectivity index is 1.82. The van der Waals surface area contributed by atoms with Crippen LogP contribution in [-0.4, -0.2) is 18.6 Å². The Morgan fingerprint density at radius 2 is 2.30 bits per heavy atom.